The summed E-state index contributed by atoms with van der Waals surface area (Å²) in [6.45, 7) is 0. The van der Waals surface area contributed by atoms with Gasteiger partial charge >= 0.3 is 5.97 Å². The molecule has 0 radical (unpaired) electrons. The lowest BCUT2D eigenvalue weighted by Crippen LogP contribution is -2.11. The van der Waals surface area contributed by atoms with Crippen LogP contribution in [0.15, 0.2) is 30.3 Å². The summed E-state index contributed by atoms with van der Waals surface area (Å²) in [4.78, 5) is 33.4. The van der Waals surface area contributed by atoms with Crippen LogP contribution in [-0.4, -0.2) is 31.4 Å². The molecule has 0 N–H and O–H groups in total. The van der Waals surface area contributed by atoms with E-state index in [1.54, 1.807) is 0 Å². The number of rotatable bonds is 6. The Morgan fingerprint density at radius 3 is 2.20 bits per heavy atom. The van der Waals surface area contributed by atoms with Gasteiger partial charge in [-0.3, -0.25) is 14.9 Å². The number of esters is 1. The first-order valence-electron chi connectivity index (χ1n) is 6.78. The minimum Gasteiger partial charge on any atom is -0.493 e. The van der Waals surface area contributed by atoms with Crippen molar-refractivity contribution in [3.63, 3.8) is 0 Å². The lowest BCUT2D eigenvalue weighted by molar-refractivity contribution is -0.384. The van der Waals surface area contributed by atoms with Crippen molar-refractivity contribution >= 4 is 29.5 Å². The number of nitro benzene ring substituents is 1. The third-order valence-corrected chi connectivity index (χ3v) is 3.51. The molecule has 0 heterocycles. The van der Waals surface area contributed by atoms with E-state index in [4.69, 9.17) is 25.8 Å². The summed E-state index contributed by atoms with van der Waals surface area (Å²) >= 11 is 5.92. The third kappa shape index (κ3) is 3.86. The summed E-state index contributed by atoms with van der Waals surface area (Å²) < 4.78 is 15.5. The zero-order valence-electron chi connectivity index (χ0n) is 13.1. The number of nitrogens with zero attached hydrogens (tertiary/aromatic N) is 1. The van der Waals surface area contributed by atoms with Crippen molar-refractivity contribution in [2.45, 2.75) is 0 Å². The number of carbonyl (C=O) groups excluding carboxylic acids is 2. The van der Waals surface area contributed by atoms with Crippen LogP contribution in [-0.2, 0) is 0 Å². The van der Waals surface area contributed by atoms with Gasteiger partial charge in [0.25, 0.3) is 5.69 Å². The maximum absolute atomic E-state index is 12.3. The Balaban J connectivity index is 2.41. The van der Waals surface area contributed by atoms with Crippen molar-refractivity contribution < 1.29 is 28.7 Å². The van der Waals surface area contributed by atoms with Gasteiger partial charge in [0.15, 0.2) is 11.5 Å². The molecule has 0 fully saturated rings. The molecule has 0 amide bonds. The minimum absolute atomic E-state index is 0.0463. The first-order valence-corrected chi connectivity index (χ1v) is 7.16. The van der Waals surface area contributed by atoms with Gasteiger partial charge in [0.05, 0.1) is 29.7 Å². The first kappa shape index (κ1) is 18.2. The minimum atomic E-state index is -0.865. The fourth-order valence-electron chi connectivity index (χ4n) is 2.00. The van der Waals surface area contributed by atoms with Gasteiger partial charge in [0, 0.05) is 17.7 Å². The molecule has 2 aromatic carbocycles. The second-order valence-electron chi connectivity index (χ2n) is 4.68. The highest BCUT2D eigenvalue weighted by Gasteiger charge is 2.21. The van der Waals surface area contributed by atoms with E-state index in [0.29, 0.717) is 6.29 Å². The van der Waals surface area contributed by atoms with Crippen molar-refractivity contribution in [1.82, 2.24) is 0 Å². The molecule has 9 heteroatoms. The van der Waals surface area contributed by atoms with Gasteiger partial charge in [-0.1, -0.05) is 11.6 Å². The van der Waals surface area contributed by atoms with Crippen LogP contribution in [0.1, 0.15) is 20.7 Å². The Morgan fingerprint density at radius 2 is 1.76 bits per heavy atom. The molecule has 0 unspecified atom stereocenters. The van der Waals surface area contributed by atoms with Crippen molar-refractivity contribution in [2.75, 3.05) is 14.2 Å². The van der Waals surface area contributed by atoms with E-state index in [0.717, 1.165) is 12.1 Å². The number of methoxy groups -OCH3 is 2. The zero-order chi connectivity index (χ0) is 18.6. The third-order valence-electron chi connectivity index (χ3n) is 3.20. The predicted molar refractivity (Wildman–Crippen MR) is 88.0 cm³/mol. The van der Waals surface area contributed by atoms with Crippen LogP contribution in [0.4, 0.5) is 5.69 Å². The topological polar surface area (TPSA) is 105 Å². The lowest BCUT2D eigenvalue weighted by atomic mass is 10.2. The van der Waals surface area contributed by atoms with Crippen LogP contribution >= 0.6 is 11.6 Å². The molecule has 0 aliphatic rings. The zero-order valence-corrected chi connectivity index (χ0v) is 13.9. The molecule has 2 rings (SSSR count). The van der Waals surface area contributed by atoms with Gasteiger partial charge in [-0.15, -0.1) is 0 Å². The second-order valence-corrected chi connectivity index (χ2v) is 5.09. The Bertz CT molecular complexity index is 825. The monoisotopic (exact) mass is 365 g/mol. The van der Waals surface area contributed by atoms with Crippen molar-refractivity contribution in [1.29, 1.82) is 0 Å². The van der Waals surface area contributed by atoms with E-state index in [1.807, 2.05) is 0 Å². The van der Waals surface area contributed by atoms with Crippen LogP contribution in [0.2, 0.25) is 5.02 Å². The van der Waals surface area contributed by atoms with E-state index >= 15 is 0 Å². The highest BCUT2D eigenvalue weighted by molar-refractivity contribution is 6.33. The Kier molecular flexibility index (Phi) is 5.56. The van der Waals surface area contributed by atoms with Crippen LogP contribution in [0.3, 0.4) is 0 Å². The molecule has 0 saturated heterocycles. The molecule has 0 saturated carbocycles. The summed E-state index contributed by atoms with van der Waals surface area (Å²) in [6.07, 6.45) is 0.587. The largest absolute Gasteiger partial charge is 0.493 e. The van der Waals surface area contributed by atoms with E-state index in [-0.39, 0.29) is 39.1 Å². The number of hydrogen-bond donors (Lipinski definition) is 0. The van der Waals surface area contributed by atoms with E-state index < -0.39 is 10.9 Å². The average molecular weight is 366 g/mol. The predicted octanol–water partition coefficient (Wildman–Crippen LogP) is 3.30. The van der Waals surface area contributed by atoms with Crippen molar-refractivity contribution in [3.05, 3.63) is 56.6 Å². The number of hydrogen-bond acceptors (Lipinski definition) is 7. The SMILES string of the molecule is COc1cc(C=O)cc(OC)c1OC(=O)c1ccc([N+](=O)[O-])cc1Cl. The summed E-state index contributed by atoms with van der Waals surface area (Å²) in [5, 5.41) is 10.6. The van der Waals surface area contributed by atoms with Gasteiger partial charge < -0.3 is 14.2 Å². The number of aldehydes is 1. The molecule has 0 bridgehead atoms. The van der Waals surface area contributed by atoms with E-state index in [2.05, 4.69) is 0 Å². The maximum Gasteiger partial charge on any atom is 0.345 e. The van der Waals surface area contributed by atoms with Crippen LogP contribution < -0.4 is 14.2 Å². The van der Waals surface area contributed by atoms with Crippen LogP contribution in [0, 0.1) is 10.1 Å². The molecule has 25 heavy (non-hydrogen) atoms. The number of nitro groups is 1. The smallest absolute Gasteiger partial charge is 0.345 e. The standard InChI is InChI=1S/C16H12ClNO7/c1-23-13-5-9(8-19)6-14(24-2)15(13)25-16(20)11-4-3-10(18(21)22)7-12(11)17/h3-8H,1-2H3. The van der Waals surface area contributed by atoms with Gasteiger partial charge in [-0.25, -0.2) is 4.79 Å². The molecule has 0 atom stereocenters. The van der Waals surface area contributed by atoms with E-state index in [1.165, 1.54) is 32.4 Å². The maximum atomic E-state index is 12.3. The molecule has 2 aromatic rings. The molecule has 8 nitrogen and oxygen atoms in total. The summed E-state index contributed by atoms with van der Waals surface area (Å²) in [5.74, 6) is -0.703. The van der Waals surface area contributed by atoms with Gasteiger partial charge in [0.2, 0.25) is 5.75 Å². The Labute approximate surface area is 147 Å². The van der Waals surface area contributed by atoms with Crippen LogP contribution in [0.5, 0.6) is 17.2 Å². The van der Waals surface area contributed by atoms with Gasteiger partial charge in [0.1, 0.15) is 6.29 Å². The molecule has 0 aliphatic heterocycles. The highest BCUT2D eigenvalue weighted by atomic mass is 35.5. The number of benzene rings is 2. The number of non-ortho nitro benzene ring substituents is 1. The molecule has 0 aliphatic carbocycles. The van der Waals surface area contributed by atoms with Crippen LogP contribution in [0.25, 0.3) is 0 Å². The lowest BCUT2D eigenvalue weighted by Gasteiger charge is -2.14. The van der Waals surface area contributed by atoms with Crippen molar-refractivity contribution in [2.24, 2.45) is 0 Å². The summed E-state index contributed by atoms with van der Waals surface area (Å²) in [6, 6.07) is 6.10. The average Bonchev–Trinajstić information content (AvgIpc) is 2.61. The fraction of sp³-hybridized carbons (Fsp3) is 0.125. The normalized spacial score (nSPS) is 10.0. The number of carbonyl (C=O) groups is 2. The Morgan fingerprint density at radius 1 is 1.16 bits per heavy atom. The Hall–Kier alpha value is -3.13. The van der Waals surface area contributed by atoms with E-state index in [9.17, 15) is 19.7 Å². The van der Waals surface area contributed by atoms with Crippen molar-refractivity contribution in [3.8, 4) is 17.2 Å². The summed E-state index contributed by atoms with van der Waals surface area (Å²) in [5.41, 5.74) is -0.0650. The van der Waals surface area contributed by atoms with Gasteiger partial charge in [-0.05, 0) is 18.2 Å². The molecular formula is C16H12ClNO7. The molecule has 0 spiro atoms. The molecule has 0 aromatic heterocycles. The highest BCUT2D eigenvalue weighted by Crippen LogP contribution is 2.39. The second kappa shape index (κ2) is 7.63. The van der Waals surface area contributed by atoms with Gasteiger partial charge in [-0.2, -0.15) is 0 Å². The first-order chi connectivity index (χ1) is 11.9. The number of halogens is 1. The molecule has 130 valence electrons. The fourth-order valence-corrected chi connectivity index (χ4v) is 2.25. The quantitative estimate of drug-likeness (QED) is 0.254. The molecular weight excluding hydrogens is 354 g/mol. The summed E-state index contributed by atoms with van der Waals surface area (Å²) in [7, 11) is 2.67. The number of ether oxygens (including phenoxy) is 3.